The van der Waals surface area contributed by atoms with Gasteiger partial charge in [-0.15, -0.1) is 5.92 Å². The SMILES string of the molecule is OC1C#CCCCCC#C/C1=C/c1cccc2ccccc12. The molecule has 3 rings (SSSR count). The van der Waals surface area contributed by atoms with Crippen LogP contribution >= 0.6 is 0 Å². The third-order valence-corrected chi connectivity index (χ3v) is 3.75. The van der Waals surface area contributed by atoms with E-state index in [1.54, 1.807) is 0 Å². The molecule has 0 fully saturated rings. The average Bonchev–Trinajstić information content (AvgIpc) is 2.56. The van der Waals surface area contributed by atoms with Gasteiger partial charge in [0, 0.05) is 18.4 Å². The maximum atomic E-state index is 10.3. The Hall–Kier alpha value is -2.48. The van der Waals surface area contributed by atoms with Crippen LogP contribution < -0.4 is 0 Å². The zero-order valence-electron chi connectivity index (χ0n) is 12.5. The third kappa shape index (κ3) is 3.40. The van der Waals surface area contributed by atoms with E-state index in [1.807, 2.05) is 24.3 Å². The summed E-state index contributed by atoms with van der Waals surface area (Å²) in [7, 11) is 0. The van der Waals surface area contributed by atoms with E-state index in [0.717, 1.165) is 36.6 Å². The van der Waals surface area contributed by atoms with Crippen LogP contribution in [-0.4, -0.2) is 11.2 Å². The lowest BCUT2D eigenvalue weighted by molar-refractivity contribution is 0.274. The second kappa shape index (κ2) is 6.99. The Bertz CT molecular complexity index is 816. The highest BCUT2D eigenvalue weighted by atomic mass is 16.3. The summed E-state index contributed by atoms with van der Waals surface area (Å²) in [6.07, 6.45) is 4.98. The summed E-state index contributed by atoms with van der Waals surface area (Å²) in [5.74, 6) is 12.2. The molecule has 1 atom stereocenters. The fraction of sp³-hybridized carbons (Fsp3) is 0.238. The smallest absolute Gasteiger partial charge is 0.147 e. The van der Waals surface area contributed by atoms with Crippen molar-refractivity contribution in [3.63, 3.8) is 0 Å². The molecule has 0 aliphatic heterocycles. The number of hydrogen-bond donors (Lipinski definition) is 1. The molecule has 0 saturated carbocycles. The summed E-state index contributed by atoms with van der Waals surface area (Å²) in [5, 5.41) is 12.6. The molecule has 0 bridgehead atoms. The molecule has 2 aromatic carbocycles. The summed E-state index contributed by atoms with van der Waals surface area (Å²) in [6, 6.07) is 14.4. The first-order valence-corrected chi connectivity index (χ1v) is 7.69. The molecule has 1 aliphatic carbocycles. The highest BCUT2D eigenvalue weighted by molar-refractivity contribution is 5.91. The van der Waals surface area contributed by atoms with Crippen LogP contribution in [0.3, 0.4) is 0 Å². The first-order valence-electron chi connectivity index (χ1n) is 7.69. The molecular weight excluding hydrogens is 268 g/mol. The number of benzene rings is 2. The van der Waals surface area contributed by atoms with Gasteiger partial charge in [0.05, 0.1) is 0 Å². The van der Waals surface area contributed by atoms with E-state index in [0.29, 0.717) is 5.57 Å². The second-order valence-corrected chi connectivity index (χ2v) is 5.40. The van der Waals surface area contributed by atoms with Crippen molar-refractivity contribution in [1.82, 2.24) is 0 Å². The Morgan fingerprint density at radius 2 is 1.73 bits per heavy atom. The molecule has 0 radical (unpaired) electrons. The topological polar surface area (TPSA) is 20.2 Å². The Morgan fingerprint density at radius 1 is 0.955 bits per heavy atom. The molecule has 0 spiro atoms. The van der Waals surface area contributed by atoms with E-state index in [-0.39, 0.29) is 0 Å². The molecule has 108 valence electrons. The van der Waals surface area contributed by atoms with E-state index in [2.05, 4.69) is 47.9 Å². The summed E-state index contributed by atoms with van der Waals surface area (Å²) >= 11 is 0. The van der Waals surface area contributed by atoms with E-state index < -0.39 is 6.10 Å². The van der Waals surface area contributed by atoms with Gasteiger partial charge in [0.25, 0.3) is 0 Å². The van der Waals surface area contributed by atoms with Crippen LogP contribution in [-0.2, 0) is 0 Å². The van der Waals surface area contributed by atoms with Crippen LogP contribution in [0.4, 0.5) is 0 Å². The molecule has 1 aliphatic rings. The maximum absolute atomic E-state index is 10.3. The number of hydrogen-bond acceptors (Lipinski definition) is 1. The number of fused-ring (bicyclic) bond motifs is 1. The van der Waals surface area contributed by atoms with E-state index in [4.69, 9.17) is 0 Å². The van der Waals surface area contributed by atoms with Crippen LogP contribution in [0.15, 0.2) is 48.0 Å². The molecule has 1 heteroatoms. The Balaban J connectivity index is 2.06. The average molecular weight is 286 g/mol. The summed E-state index contributed by atoms with van der Waals surface area (Å²) in [5.41, 5.74) is 1.76. The van der Waals surface area contributed by atoms with Crippen molar-refractivity contribution in [3.8, 4) is 23.7 Å². The predicted molar refractivity (Wildman–Crippen MR) is 92.0 cm³/mol. The normalized spacial score (nSPS) is 19.9. The lowest BCUT2D eigenvalue weighted by Crippen LogP contribution is -2.06. The van der Waals surface area contributed by atoms with Crippen LogP contribution in [0.25, 0.3) is 16.8 Å². The molecule has 0 saturated heterocycles. The number of aliphatic hydroxyl groups excluding tert-OH is 1. The van der Waals surface area contributed by atoms with Crippen molar-refractivity contribution in [2.45, 2.75) is 31.8 Å². The molecule has 1 N–H and O–H groups in total. The highest BCUT2D eigenvalue weighted by Gasteiger charge is 2.07. The number of aliphatic hydroxyl groups is 1. The molecule has 2 aromatic rings. The van der Waals surface area contributed by atoms with Crippen molar-refractivity contribution >= 4 is 16.8 Å². The van der Waals surface area contributed by atoms with Gasteiger partial charge < -0.3 is 5.11 Å². The maximum Gasteiger partial charge on any atom is 0.147 e. The molecule has 22 heavy (non-hydrogen) atoms. The first kappa shape index (κ1) is 14.5. The van der Waals surface area contributed by atoms with Crippen molar-refractivity contribution in [1.29, 1.82) is 0 Å². The van der Waals surface area contributed by atoms with E-state index in [1.165, 1.54) is 5.39 Å². The summed E-state index contributed by atoms with van der Waals surface area (Å²) in [6.45, 7) is 0. The van der Waals surface area contributed by atoms with Crippen molar-refractivity contribution < 1.29 is 5.11 Å². The molecule has 1 nitrogen and oxygen atoms in total. The van der Waals surface area contributed by atoms with Gasteiger partial charge in [0.15, 0.2) is 0 Å². The van der Waals surface area contributed by atoms with Gasteiger partial charge in [-0.3, -0.25) is 0 Å². The van der Waals surface area contributed by atoms with Gasteiger partial charge in [0.2, 0.25) is 0 Å². The Labute approximate surface area is 131 Å². The molecule has 1 unspecified atom stereocenters. The van der Waals surface area contributed by atoms with Gasteiger partial charge >= 0.3 is 0 Å². The van der Waals surface area contributed by atoms with E-state index >= 15 is 0 Å². The van der Waals surface area contributed by atoms with Crippen LogP contribution in [0.2, 0.25) is 0 Å². The van der Waals surface area contributed by atoms with Crippen molar-refractivity contribution in [3.05, 3.63) is 53.6 Å². The fourth-order valence-corrected chi connectivity index (χ4v) is 2.57. The number of rotatable bonds is 1. The van der Waals surface area contributed by atoms with Crippen LogP contribution in [0, 0.1) is 23.7 Å². The Kier molecular flexibility index (Phi) is 4.59. The molecule has 0 heterocycles. The minimum atomic E-state index is -0.801. The van der Waals surface area contributed by atoms with Gasteiger partial charge in [-0.1, -0.05) is 60.2 Å². The largest absolute Gasteiger partial charge is 0.375 e. The van der Waals surface area contributed by atoms with Gasteiger partial charge in [-0.2, -0.15) is 0 Å². The minimum Gasteiger partial charge on any atom is -0.375 e. The third-order valence-electron chi connectivity index (χ3n) is 3.75. The highest BCUT2D eigenvalue weighted by Crippen LogP contribution is 2.21. The van der Waals surface area contributed by atoms with Gasteiger partial charge in [-0.05, 0) is 35.3 Å². The molecule has 0 amide bonds. The quantitative estimate of drug-likeness (QED) is 0.780. The Morgan fingerprint density at radius 3 is 2.64 bits per heavy atom. The molecular formula is C21H18O. The van der Waals surface area contributed by atoms with E-state index in [9.17, 15) is 5.11 Å². The van der Waals surface area contributed by atoms with Gasteiger partial charge in [0.1, 0.15) is 6.10 Å². The standard InChI is InChI=1S/C21H18O/c22-21-15-6-4-2-1-3-5-11-19(21)16-18-13-9-12-17-10-7-8-14-20(17)18/h7-10,12-14,16,21-22H,1-4H2/b19-16-. The summed E-state index contributed by atoms with van der Waals surface area (Å²) in [4.78, 5) is 0. The van der Waals surface area contributed by atoms with Crippen LogP contribution in [0.1, 0.15) is 31.2 Å². The summed E-state index contributed by atoms with van der Waals surface area (Å²) < 4.78 is 0. The minimum absolute atomic E-state index is 0.686. The monoisotopic (exact) mass is 286 g/mol. The zero-order chi connectivity index (χ0) is 15.2. The van der Waals surface area contributed by atoms with Crippen molar-refractivity contribution in [2.75, 3.05) is 0 Å². The van der Waals surface area contributed by atoms with Crippen LogP contribution in [0.5, 0.6) is 0 Å². The predicted octanol–water partition coefficient (Wildman–Crippen LogP) is 4.16. The second-order valence-electron chi connectivity index (χ2n) is 5.40. The lowest BCUT2D eigenvalue weighted by atomic mass is 10.00. The fourth-order valence-electron chi connectivity index (χ4n) is 2.57. The first-order chi connectivity index (χ1) is 10.8. The van der Waals surface area contributed by atoms with Crippen molar-refractivity contribution in [2.24, 2.45) is 0 Å². The lowest BCUT2D eigenvalue weighted by Gasteiger charge is -2.07. The molecule has 0 aromatic heterocycles. The van der Waals surface area contributed by atoms with Gasteiger partial charge in [-0.25, -0.2) is 0 Å². The zero-order valence-corrected chi connectivity index (χ0v) is 12.5.